The molecule has 0 aliphatic carbocycles. The Bertz CT molecular complexity index is 610. The molecule has 102 valence electrons. The number of pyridine rings is 1. The topological polar surface area (TPSA) is 54.8 Å². The number of hydrogen-bond donors (Lipinski definition) is 0. The van der Waals surface area contributed by atoms with Gasteiger partial charge in [0.25, 0.3) is 0 Å². The van der Waals surface area contributed by atoms with Crippen LogP contribution in [0.15, 0.2) is 53.9 Å². The highest BCUT2D eigenvalue weighted by Gasteiger charge is 2.10. The minimum atomic E-state index is -0.441. The molecule has 0 radical (unpaired) electrons. The molecule has 1 heterocycles. The normalized spacial score (nSPS) is 10.5. The molecule has 5 nitrogen and oxygen atoms in total. The van der Waals surface area contributed by atoms with Crippen LogP contribution in [0.25, 0.3) is 0 Å². The second-order valence-corrected chi connectivity index (χ2v) is 4.26. The van der Waals surface area contributed by atoms with Crippen molar-refractivity contribution in [2.24, 2.45) is 5.10 Å². The van der Waals surface area contributed by atoms with Crippen molar-refractivity contribution >= 4 is 12.2 Å². The summed E-state index contributed by atoms with van der Waals surface area (Å²) >= 11 is 0. The Morgan fingerprint density at radius 3 is 2.75 bits per heavy atom. The molecular formula is C15H15N3O2. The standard InChI is InChI=1S/C15H15N3O2/c1-18(2)17-11-12-6-3-4-8-14(12)20-15(19)13-7-5-9-16-10-13/h3-11H,1-2H3. The lowest BCUT2D eigenvalue weighted by atomic mass is 10.2. The van der Waals surface area contributed by atoms with Gasteiger partial charge >= 0.3 is 5.97 Å². The zero-order valence-corrected chi connectivity index (χ0v) is 11.4. The molecule has 0 bridgehead atoms. The van der Waals surface area contributed by atoms with Gasteiger partial charge in [0.2, 0.25) is 0 Å². The fourth-order valence-corrected chi connectivity index (χ4v) is 1.50. The number of carbonyl (C=O) groups excluding carboxylic acids is 1. The summed E-state index contributed by atoms with van der Waals surface area (Å²) in [4.78, 5) is 15.9. The molecule has 0 saturated carbocycles. The first-order valence-corrected chi connectivity index (χ1v) is 6.09. The molecule has 0 spiro atoms. The molecule has 0 aliphatic heterocycles. The van der Waals surface area contributed by atoms with E-state index in [1.54, 1.807) is 41.7 Å². The molecule has 0 saturated heterocycles. The lowest BCUT2D eigenvalue weighted by Crippen LogP contribution is -2.10. The first-order valence-electron chi connectivity index (χ1n) is 6.09. The lowest BCUT2D eigenvalue weighted by molar-refractivity contribution is 0.0734. The number of esters is 1. The predicted octanol–water partition coefficient (Wildman–Crippen LogP) is 2.20. The Kier molecular flexibility index (Phi) is 4.44. The van der Waals surface area contributed by atoms with Gasteiger partial charge in [0.1, 0.15) is 5.75 Å². The molecular weight excluding hydrogens is 254 g/mol. The van der Waals surface area contributed by atoms with Crippen LogP contribution in [0.5, 0.6) is 5.75 Å². The highest BCUT2D eigenvalue weighted by Crippen LogP contribution is 2.17. The molecule has 5 heteroatoms. The van der Waals surface area contributed by atoms with Crippen molar-refractivity contribution in [1.29, 1.82) is 0 Å². The van der Waals surface area contributed by atoms with E-state index >= 15 is 0 Å². The van der Waals surface area contributed by atoms with Crippen LogP contribution < -0.4 is 4.74 Å². The number of aromatic nitrogens is 1. The van der Waals surface area contributed by atoms with E-state index in [0.717, 1.165) is 5.56 Å². The van der Waals surface area contributed by atoms with Crippen LogP contribution in [-0.2, 0) is 0 Å². The van der Waals surface area contributed by atoms with E-state index < -0.39 is 5.97 Å². The van der Waals surface area contributed by atoms with Gasteiger partial charge in [-0.05, 0) is 24.3 Å². The van der Waals surface area contributed by atoms with Crippen LogP contribution in [0.1, 0.15) is 15.9 Å². The van der Waals surface area contributed by atoms with Crippen LogP contribution in [0.3, 0.4) is 0 Å². The van der Waals surface area contributed by atoms with Crippen molar-refractivity contribution in [3.8, 4) is 5.75 Å². The van der Waals surface area contributed by atoms with Crippen LogP contribution >= 0.6 is 0 Å². The molecule has 0 N–H and O–H groups in total. The summed E-state index contributed by atoms with van der Waals surface area (Å²) in [6.45, 7) is 0. The average molecular weight is 269 g/mol. The van der Waals surface area contributed by atoms with E-state index in [9.17, 15) is 4.79 Å². The van der Waals surface area contributed by atoms with E-state index in [1.807, 2.05) is 26.2 Å². The number of ether oxygens (including phenoxy) is 1. The van der Waals surface area contributed by atoms with Gasteiger partial charge in [-0.2, -0.15) is 5.10 Å². The van der Waals surface area contributed by atoms with Gasteiger partial charge in [0.15, 0.2) is 0 Å². The molecule has 2 aromatic rings. The fourth-order valence-electron chi connectivity index (χ4n) is 1.50. The van der Waals surface area contributed by atoms with Crippen molar-refractivity contribution in [2.75, 3.05) is 14.1 Å². The largest absolute Gasteiger partial charge is 0.422 e. The number of para-hydroxylation sites is 1. The minimum Gasteiger partial charge on any atom is -0.422 e. The zero-order valence-electron chi connectivity index (χ0n) is 11.4. The highest BCUT2D eigenvalue weighted by atomic mass is 16.5. The summed E-state index contributed by atoms with van der Waals surface area (Å²) in [7, 11) is 3.64. The maximum absolute atomic E-state index is 12.0. The number of benzene rings is 1. The molecule has 1 aromatic heterocycles. The second kappa shape index (κ2) is 6.47. The van der Waals surface area contributed by atoms with Crippen molar-refractivity contribution in [3.63, 3.8) is 0 Å². The van der Waals surface area contributed by atoms with Crippen LogP contribution in [-0.4, -0.2) is 36.3 Å². The van der Waals surface area contributed by atoms with E-state index in [0.29, 0.717) is 11.3 Å². The molecule has 0 unspecified atom stereocenters. The highest BCUT2D eigenvalue weighted by molar-refractivity contribution is 5.92. The van der Waals surface area contributed by atoms with E-state index in [4.69, 9.17) is 4.74 Å². The fraction of sp³-hybridized carbons (Fsp3) is 0.133. The quantitative estimate of drug-likeness (QED) is 0.369. The Labute approximate surface area is 117 Å². The van der Waals surface area contributed by atoms with Gasteiger partial charge in [0.05, 0.1) is 11.8 Å². The smallest absolute Gasteiger partial charge is 0.345 e. The first-order chi connectivity index (χ1) is 9.66. The number of hydrazone groups is 1. The Morgan fingerprint density at radius 2 is 2.05 bits per heavy atom. The Hall–Kier alpha value is -2.69. The lowest BCUT2D eigenvalue weighted by Gasteiger charge is -2.08. The molecule has 0 atom stereocenters. The van der Waals surface area contributed by atoms with Gasteiger partial charge in [0, 0.05) is 32.1 Å². The first kappa shape index (κ1) is 13.7. The van der Waals surface area contributed by atoms with Crippen molar-refractivity contribution in [3.05, 3.63) is 59.9 Å². The van der Waals surface area contributed by atoms with Gasteiger partial charge in [-0.25, -0.2) is 4.79 Å². The van der Waals surface area contributed by atoms with Gasteiger partial charge in [-0.15, -0.1) is 0 Å². The number of nitrogens with zero attached hydrogens (tertiary/aromatic N) is 3. The van der Waals surface area contributed by atoms with E-state index in [1.165, 1.54) is 6.20 Å². The number of rotatable bonds is 4. The Balaban J connectivity index is 2.19. The monoisotopic (exact) mass is 269 g/mol. The average Bonchev–Trinajstić information content (AvgIpc) is 2.47. The molecule has 20 heavy (non-hydrogen) atoms. The van der Waals surface area contributed by atoms with Crippen LogP contribution in [0.4, 0.5) is 0 Å². The summed E-state index contributed by atoms with van der Waals surface area (Å²) in [5, 5.41) is 5.81. The summed E-state index contributed by atoms with van der Waals surface area (Å²) in [6, 6.07) is 10.6. The third-order valence-electron chi connectivity index (χ3n) is 2.45. The van der Waals surface area contributed by atoms with E-state index in [-0.39, 0.29) is 0 Å². The van der Waals surface area contributed by atoms with Crippen molar-refractivity contribution in [1.82, 2.24) is 9.99 Å². The molecule has 0 fully saturated rings. The predicted molar refractivity (Wildman–Crippen MR) is 76.9 cm³/mol. The molecule has 1 aromatic carbocycles. The summed E-state index contributed by atoms with van der Waals surface area (Å²) in [6.07, 6.45) is 4.72. The second-order valence-electron chi connectivity index (χ2n) is 4.26. The number of carbonyl (C=O) groups is 1. The van der Waals surface area contributed by atoms with Gasteiger partial charge in [-0.3, -0.25) is 4.98 Å². The Morgan fingerprint density at radius 1 is 1.25 bits per heavy atom. The SMILES string of the molecule is CN(C)N=Cc1ccccc1OC(=O)c1cccnc1. The maximum Gasteiger partial charge on any atom is 0.345 e. The number of hydrogen-bond acceptors (Lipinski definition) is 5. The van der Waals surface area contributed by atoms with Crippen LogP contribution in [0.2, 0.25) is 0 Å². The molecule has 2 rings (SSSR count). The van der Waals surface area contributed by atoms with Gasteiger partial charge in [-0.1, -0.05) is 12.1 Å². The van der Waals surface area contributed by atoms with Crippen molar-refractivity contribution < 1.29 is 9.53 Å². The van der Waals surface area contributed by atoms with Crippen LogP contribution in [0, 0.1) is 0 Å². The van der Waals surface area contributed by atoms with E-state index in [2.05, 4.69) is 10.1 Å². The third kappa shape index (κ3) is 3.65. The summed E-state index contributed by atoms with van der Waals surface area (Å²) in [5.74, 6) is 0.0238. The third-order valence-corrected chi connectivity index (χ3v) is 2.45. The minimum absolute atomic E-state index is 0.409. The summed E-state index contributed by atoms with van der Waals surface area (Å²) < 4.78 is 5.38. The summed E-state index contributed by atoms with van der Waals surface area (Å²) in [5.41, 5.74) is 1.14. The zero-order chi connectivity index (χ0) is 14.4. The van der Waals surface area contributed by atoms with Crippen molar-refractivity contribution in [2.45, 2.75) is 0 Å². The molecule has 0 aliphatic rings. The van der Waals surface area contributed by atoms with Gasteiger partial charge < -0.3 is 9.75 Å². The molecule has 0 amide bonds. The maximum atomic E-state index is 12.0.